The van der Waals surface area contributed by atoms with E-state index in [9.17, 15) is 18.0 Å². The number of para-hydroxylation sites is 1. The number of sulfone groups is 1. The van der Waals surface area contributed by atoms with Crippen molar-refractivity contribution in [2.24, 2.45) is 0 Å². The topological polar surface area (TPSA) is 93.3 Å². The van der Waals surface area contributed by atoms with Gasteiger partial charge in [0.1, 0.15) is 0 Å². The number of esters is 1. The van der Waals surface area contributed by atoms with Crippen molar-refractivity contribution in [1.29, 1.82) is 0 Å². The normalized spacial score (nSPS) is 12.7. The number of hydrogen-bond donors (Lipinski definition) is 1. The molecule has 0 aliphatic carbocycles. The summed E-state index contributed by atoms with van der Waals surface area (Å²) in [4.78, 5) is 28.3. The molecule has 3 rings (SSSR count). The van der Waals surface area contributed by atoms with Gasteiger partial charge in [-0.15, -0.1) is 0 Å². The molecule has 6 nitrogen and oxygen atoms in total. The molecule has 1 aromatic heterocycles. The van der Waals surface area contributed by atoms with E-state index in [1.165, 1.54) is 19.1 Å². The Morgan fingerprint density at radius 3 is 2.48 bits per heavy atom. The summed E-state index contributed by atoms with van der Waals surface area (Å²) in [5, 5.41) is 0.751. The average molecular weight is 385 g/mol. The van der Waals surface area contributed by atoms with E-state index in [1.807, 2.05) is 24.3 Å². The van der Waals surface area contributed by atoms with Crippen LogP contribution < -0.4 is 0 Å². The maximum absolute atomic E-state index is 12.7. The van der Waals surface area contributed by atoms with Crippen LogP contribution in [0.5, 0.6) is 0 Å². The number of fused-ring (bicyclic) bond motifs is 1. The molecule has 7 heteroatoms. The zero-order chi connectivity index (χ0) is 19.8. The first kappa shape index (κ1) is 18.8. The van der Waals surface area contributed by atoms with Crippen molar-refractivity contribution in [2.75, 3.05) is 6.26 Å². The quantitative estimate of drug-likeness (QED) is 0.537. The van der Waals surface area contributed by atoms with Crippen molar-refractivity contribution < 1.29 is 22.7 Å². The number of ether oxygens (including phenoxy) is 1. The van der Waals surface area contributed by atoms with Crippen LogP contribution in [-0.2, 0) is 14.6 Å². The molecule has 140 valence electrons. The summed E-state index contributed by atoms with van der Waals surface area (Å²) >= 11 is 0. The van der Waals surface area contributed by atoms with Gasteiger partial charge in [-0.05, 0) is 37.6 Å². The van der Waals surface area contributed by atoms with E-state index in [2.05, 4.69) is 4.98 Å². The highest BCUT2D eigenvalue weighted by Gasteiger charge is 2.24. The molecule has 0 aliphatic rings. The molecule has 0 saturated carbocycles. The van der Waals surface area contributed by atoms with Crippen LogP contribution in [0.1, 0.15) is 33.2 Å². The summed E-state index contributed by atoms with van der Waals surface area (Å²) in [5.41, 5.74) is 1.94. The molecule has 0 amide bonds. The Hall–Kier alpha value is -2.93. The zero-order valence-corrected chi connectivity index (χ0v) is 16.0. The first-order chi connectivity index (χ1) is 12.7. The van der Waals surface area contributed by atoms with Gasteiger partial charge in [-0.25, -0.2) is 13.2 Å². The summed E-state index contributed by atoms with van der Waals surface area (Å²) in [5.74, 6) is -1.07. The number of carbonyl (C=O) groups excluding carboxylic acids is 2. The van der Waals surface area contributed by atoms with E-state index in [4.69, 9.17) is 4.74 Å². The molecule has 1 heterocycles. The van der Waals surface area contributed by atoms with Crippen LogP contribution in [0.2, 0.25) is 0 Å². The molecule has 0 saturated heterocycles. The van der Waals surface area contributed by atoms with Crippen molar-refractivity contribution in [3.63, 3.8) is 0 Å². The molecule has 0 fully saturated rings. The monoisotopic (exact) mass is 385 g/mol. The second-order valence-electron chi connectivity index (χ2n) is 6.41. The Balaban J connectivity index is 1.85. The van der Waals surface area contributed by atoms with Gasteiger partial charge in [0.2, 0.25) is 5.78 Å². The van der Waals surface area contributed by atoms with Crippen LogP contribution in [0, 0.1) is 6.92 Å². The maximum Gasteiger partial charge on any atom is 0.339 e. The highest BCUT2D eigenvalue weighted by atomic mass is 32.2. The summed E-state index contributed by atoms with van der Waals surface area (Å²) < 4.78 is 28.8. The second kappa shape index (κ2) is 7.00. The summed E-state index contributed by atoms with van der Waals surface area (Å²) in [6.07, 6.45) is 1.64. The van der Waals surface area contributed by atoms with Gasteiger partial charge < -0.3 is 9.72 Å². The SMILES string of the molecule is Cc1ccc(S(C)(=O)=O)cc1C(=O)O[C@@H](C)C(=O)c1c[nH]c2ccccc12. The second-order valence-corrected chi connectivity index (χ2v) is 8.42. The molecular formula is C20H19NO5S. The Morgan fingerprint density at radius 1 is 1.07 bits per heavy atom. The molecule has 27 heavy (non-hydrogen) atoms. The highest BCUT2D eigenvalue weighted by Crippen LogP contribution is 2.21. The Labute approximate surface area is 157 Å². The lowest BCUT2D eigenvalue weighted by Gasteiger charge is -2.13. The summed E-state index contributed by atoms with van der Waals surface area (Å²) in [6.45, 7) is 3.17. The minimum atomic E-state index is -3.46. The minimum absolute atomic E-state index is 0.0238. The third-order valence-corrected chi connectivity index (χ3v) is 5.48. The number of aromatic nitrogens is 1. The first-order valence-corrected chi connectivity index (χ1v) is 10.2. The number of aryl methyl sites for hydroxylation is 1. The van der Waals surface area contributed by atoms with Crippen LogP contribution >= 0.6 is 0 Å². The number of H-pyrrole nitrogens is 1. The molecule has 1 atom stereocenters. The zero-order valence-electron chi connectivity index (χ0n) is 15.1. The number of rotatable bonds is 5. The number of carbonyl (C=O) groups is 2. The molecular weight excluding hydrogens is 366 g/mol. The lowest BCUT2D eigenvalue weighted by Crippen LogP contribution is -2.24. The van der Waals surface area contributed by atoms with Gasteiger partial charge in [-0.3, -0.25) is 4.79 Å². The summed E-state index contributed by atoms with van der Waals surface area (Å²) in [7, 11) is -3.46. The fraction of sp³-hybridized carbons (Fsp3) is 0.200. The highest BCUT2D eigenvalue weighted by molar-refractivity contribution is 7.90. The van der Waals surface area contributed by atoms with Crippen molar-refractivity contribution >= 4 is 32.5 Å². The van der Waals surface area contributed by atoms with Crippen LogP contribution in [0.25, 0.3) is 10.9 Å². The van der Waals surface area contributed by atoms with Crippen molar-refractivity contribution in [1.82, 2.24) is 4.98 Å². The van der Waals surface area contributed by atoms with Gasteiger partial charge in [0.25, 0.3) is 0 Å². The smallest absolute Gasteiger partial charge is 0.339 e. The van der Waals surface area contributed by atoms with E-state index in [1.54, 1.807) is 19.2 Å². The first-order valence-electron chi connectivity index (χ1n) is 8.30. The van der Waals surface area contributed by atoms with Crippen LogP contribution in [0.4, 0.5) is 0 Å². The van der Waals surface area contributed by atoms with E-state index in [0.29, 0.717) is 11.1 Å². The lowest BCUT2D eigenvalue weighted by atomic mass is 10.1. The van der Waals surface area contributed by atoms with Crippen molar-refractivity contribution in [3.05, 3.63) is 65.4 Å². The average Bonchev–Trinajstić information content (AvgIpc) is 3.04. The maximum atomic E-state index is 12.7. The Kier molecular flexibility index (Phi) is 4.89. The number of aromatic amines is 1. The number of benzene rings is 2. The number of hydrogen-bond acceptors (Lipinski definition) is 5. The predicted molar refractivity (Wildman–Crippen MR) is 102 cm³/mol. The lowest BCUT2D eigenvalue weighted by molar-refractivity contribution is 0.0318. The van der Waals surface area contributed by atoms with Gasteiger partial charge in [-0.1, -0.05) is 24.3 Å². The number of nitrogens with one attached hydrogen (secondary N) is 1. The van der Waals surface area contributed by atoms with Crippen LogP contribution in [0.3, 0.4) is 0 Å². The third-order valence-electron chi connectivity index (χ3n) is 4.36. The summed E-state index contributed by atoms with van der Waals surface area (Å²) in [6, 6.07) is 11.6. The number of ketones is 1. The third kappa shape index (κ3) is 3.78. The van der Waals surface area contributed by atoms with E-state index < -0.39 is 21.9 Å². The van der Waals surface area contributed by atoms with Crippen LogP contribution in [-0.4, -0.2) is 37.5 Å². The molecule has 2 aromatic carbocycles. The molecule has 3 aromatic rings. The van der Waals surface area contributed by atoms with E-state index >= 15 is 0 Å². The van der Waals surface area contributed by atoms with Gasteiger partial charge >= 0.3 is 5.97 Å². The van der Waals surface area contributed by atoms with Crippen LogP contribution in [0.15, 0.2) is 53.6 Å². The predicted octanol–water partition coefficient (Wildman–Crippen LogP) is 3.31. The fourth-order valence-electron chi connectivity index (χ4n) is 2.82. The Morgan fingerprint density at radius 2 is 1.78 bits per heavy atom. The number of Topliss-reactive ketones (excluding diaryl/α,β-unsaturated/α-hetero) is 1. The minimum Gasteiger partial charge on any atom is -0.451 e. The largest absolute Gasteiger partial charge is 0.451 e. The van der Waals surface area contributed by atoms with E-state index in [0.717, 1.165) is 17.2 Å². The molecule has 0 bridgehead atoms. The van der Waals surface area contributed by atoms with Crippen molar-refractivity contribution in [3.8, 4) is 0 Å². The van der Waals surface area contributed by atoms with Crippen molar-refractivity contribution in [2.45, 2.75) is 24.8 Å². The molecule has 0 radical (unpaired) electrons. The van der Waals surface area contributed by atoms with Gasteiger partial charge in [-0.2, -0.15) is 0 Å². The molecule has 0 aliphatic heterocycles. The Bertz CT molecular complexity index is 1140. The van der Waals surface area contributed by atoms with E-state index in [-0.39, 0.29) is 16.2 Å². The fourth-order valence-corrected chi connectivity index (χ4v) is 3.47. The standard InChI is InChI=1S/C20H19NO5S/c1-12-8-9-14(27(3,24)25)10-16(12)20(23)26-13(2)19(22)17-11-21-18-7-5-4-6-15(17)18/h4-11,13,21H,1-3H3/t13-/m0/s1. The van der Waals surface area contributed by atoms with Gasteiger partial charge in [0.05, 0.1) is 10.5 Å². The molecule has 0 unspecified atom stereocenters. The molecule has 0 spiro atoms. The van der Waals surface area contributed by atoms with Gasteiger partial charge in [0.15, 0.2) is 15.9 Å². The van der Waals surface area contributed by atoms with Gasteiger partial charge in [0, 0.05) is 28.9 Å². The molecule has 1 N–H and O–H groups in total.